The third-order valence-corrected chi connectivity index (χ3v) is 4.55. The Hall–Kier alpha value is -1.02. The average molecular weight is 290 g/mol. The second kappa shape index (κ2) is 9.09. The number of hydrogen-bond donors (Lipinski definition) is 1. The molecular weight excluding hydrogens is 258 g/mol. The molecule has 1 aliphatic heterocycles. The molecule has 2 nitrogen and oxygen atoms in total. The molecule has 2 heteroatoms. The summed E-state index contributed by atoms with van der Waals surface area (Å²) in [6.07, 6.45) is 8.20. The first-order valence-corrected chi connectivity index (χ1v) is 8.82. The molecule has 0 radical (unpaired) electrons. The van der Waals surface area contributed by atoms with Crippen molar-refractivity contribution in [1.82, 2.24) is 0 Å². The Morgan fingerprint density at radius 2 is 1.62 bits per heavy atom. The maximum Gasteiger partial charge on any atom is 0.119 e. The van der Waals surface area contributed by atoms with E-state index in [1.54, 1.807) is 0 Å². The minimum Gasteiger partial charge on any atom is -0.494 e. The Morgan fingerprint density at radius 1 is 0.952 bits per heavy atom. The van der Waals surface area contributed by atoms with Gasteiger partial charge in [0, 0.05) is 0 Å². The highest BCUT2D eigenvalue weighted by Crippen LogP contribution is 2.18. The van der Waals surface area contributed by atoms with Gasteiger partial charge in [-0.05, 0) is 62.1 Å². The summed E-state index contributed by atoms with van der Waals surface area (Å²) in [5, 5.41) is 0. The van der Waals surface area contributed by atoms with Crippen molar-refractivity contribution in [3.05, 3.63) is 29.8 Å². The van der Waals surface area contributed by atoms with Crippen LogP contribution in [-0.4, -0.2) is 26.2 Å². The lowest BCUT2D eigenvalue weighted by atomic mass is 10.0. The molecule has 0 atom stereocenters. The maximum absolute atomic E-state index is 5.85. The maximum atomic E-state index is 5.85. The number of unbranched alkanes of at least 4 members (excludes halogenated alkanes) is 1. The van der Waals surface area contributed by atoms with Gasteiger partial charge in [0.25, 0.3) is 0 Å². The van der Waals surface area contributed by atoms with Crippen LogP contribution in [0.25, 0.3) is 0 Å². The second-order valence-corrected chi connectivity index (χ2v) is 6.69. The molecule has 1 aliphatic rings. The molecule has 1 aromatic carbocycles. The van der Waals surface area contributed by atoms with Crippen LogP contribution < -0.4 is 9.64 Å². The zero-order chi connectivity index (χ0) is 14.9. The van der Waals surface area contributed by atoms with Crippen LogP contribution in [0, 0.1) is 0 Å². The molecule has 0 amide bonds. The van der Waals surface area contributed by atoms with E-state index in [-0.39, 0.29) is 0 Å². The van der Waals surface area contributed by atoms with Gasteiger partial charge < -0.3 is 9.64 Å². The quantitative estimate of drug-likeness (QED) is 0.760. The van der Waals surface area contributed by atoms with Crippen molar-refractivity contribution in [1.29, 1.82) is 0 Å². The van der Waals surface area contributed by atoms with Crippen molar-refractivity contribution < 1.29 is 9.64 Å². The standard InChI is InChI=1S/C19H31NO/c1-17(2)18-9-11-19(12-10-18)21-16-8-7-15-20-13-5-3-4-6-14-20/h9-12,17H,3-8,13-16H2,1-2H3/p+1. The summed E-state index contributed by atoms with van der Waals surface area (Å²) in [6.45, 7) is 9.40. The van der Waals surface area contributed by atoms with E-state index in [0.29, 0.717) is 5.92 Å². The summed E-state index contributed by atoms with van der Waals surface area (Å²) in [6, 6.07) is 8.58. The largest absolute Gasteiger partial charge is 0.494 e. The summed E-state index contributed by atoms with van der Waals surface area (Å²) < 4.78 is 5.85. The summed E-state index contributed by atoms with van der Waals surface area (Å²) in [5.41, 5.74) is 1.38. The molecule has 2 rings (SSSR count). The van der Waals surface area contributed by atoms with Crippen LogP contribution in [0.2, 0.25) is 0 Å². The van der Waals surface area contributed by atoms with Gasteiger partial charge in [0.15, 0.2) is 0 Å². The van der Waals surface area contributed by atoms with E-state index >= 15 is 0 Å². The molecule has 0 aliphatic carbocycles. The number of rotatable bonds is 7. The lowest BCUT2D eigenvalue weighted by Gasteiger charge is -2.16. The summed E-state index contributed by atoms with van der Waals surface area (Å²) in [5.74, 6) is 1.61. The van der Waals surface area contributed by atoms with Gasteiger partial charge in [0.1, 0.15) is 5.75 Å². The first kappa shape index (κ1) is 16.4. The van der Waals surface area contributed by atoms with Gasteiger partial charge in [-0.2, -0.15) is 0 Å². The highest BCUT2D eigenvalue weighted by molar-refractivity contribution is 5.28. The Balaban J connectivity index is 1.58. The van der Waals surface area contributed by atoms with Gasteiger partial charge in [0.05, 0.1) is 26.2 Å². The molecule has 1 heterocycles. The number of ether oxygens (including phenoxy) is 1. The van der Waals surface area contributed by atoms with Gasteiger partial charge in [-0.3, -0.25) is 0 Å². The fourth-order valence-electron chi connectivity index (χ4n) is 3.09. The molecule has 1 aromatic rings. The number of benzene rings is 1. The summed E-state index contributed by atoms with van der Waals surface area (Å²) >= 11 is 0. The first-order valence-electron chi connectivity index (χ1n) is 8.82. The van der Waals surface area contributed by atoms with Crippen molar-refractivity contribution in [2.45, 2.75) is 58.3 Å². The van der Waals surface area contributed by atoms with E-state index in [2.05, 4.69) is 38.1 Å². The van der Waals surface area contributed by atoms with E-state index in [1.807, 2.05) is 4.90 Å². The smallest absolute Gasteiger partial charge is 0.119 e. The van der Waals surface area contributed by atoms with Gasteiger partial charge >= 0.3 is 0 Å². The number of nitrogens with one attached hydrogen (secondary N) is 1. The SMILES string of the molecule is CC(C)c1ccc(OCCCC[NH+]2CCCCCC2)cc1. The fourth-order valence-corrected chi connectivity index (χ4v) is 3.09. The third kappa shape index (κ3) is 6.09. The molecule has 0 aromatic heterocycles. The van der Waals surface area contributed by atoms with Crippen LogP contribution >= 0.6 is 0 Å². The van der Waals surface area contributed by atoms with Gasteiger partial charge in [-0.1, -0.05) is 26.0 Å². The summed E-state index contributed by atoms with van der Waals surface area (Å²) in [4.78, 5) is 1.81. The number of hydrogen-bond acceptors (Lipinski definition) is 1. The molecular formula is C19H32NO+. The first-order chi connectivity index (χ1) is 10.3. The van der Waals surface area contributed by atoms with Gasteiger partial charge in [-0.15, -0.1) is 0 Å². The zero-order valence-corrected chi connectivity index (χ0v) is 13.9. The Morgan fingerprint density at radius 3 is 2.24 bits per heavy atom. The fraction of sp³-hybridized carbons (Fsp3) is 0.684. The van der Waals surface area contributed by atoms with Crippen LogP contribution in [0.5, 0.6) is 5.75 Å². The van der Waals surface area contributed by atoms with Crippen molar-refractivity contribution in [3.8, 4) is 5.75 Å². The van der Waals surface area contributed by atoms with E-state index < -0.39 is 0 Å². The summed E-state index contributed by atoms with van der Waals surface area (Å²) in [7, 11) is 0. The topological polar surface area (TPSA) is 13.7 Å². The van der Waals surface area contributed by atoms with Gasteiger partial charge in [0.2, 0.25) is 0 Å². The van der Waals surface area contributed by atoms with E-state index in [9.17, 15) is 0 Å². The van der Waals surface area contributed by atoms with Crippen molar-refractivity contribution in [3.63, 3.8) is 0 Å². The Bertz CT molecular complexity index is 377. The van der Waals surface area contributed by atoms with Crippen LogP contribution in [0.1, 0.15) is 63.9 Å². The molecule has 0 spiro atoms. The Kier molecular flexibility index (Phi) is 7.08. The van der Waals surface area contributed by atoms with Crippen LogP contribution in [0.3, 0.4) is 0 Å². The minimum absolute atomic E-state index is 0.593. The van der Waals surface area contributed by atoms with Crippen LogP contribution in [0.4, 0.5) is 0 Å². The Labute approximate surface area is 130 Å². The van der Waals surface area contributed by atoms with Gasteiger partial charge in [-0.25, -0.2) is 0 Å². The van der Waals surface area contributed by atoms with E-state index in [4.69, 9.17) is 4.74 Å². The zero-order valence-electron chi connectivity index (χ0n) is 13.9. The molecule has 1 fully saturated rings. The predicted octanol–water partition coefficient (Wildman–Crippen LogP) is 3.43. The van der Waals surface area contributed by atoms with E-state index in [1.165, 1.54) is 63.7 Å². The highest BCUT2D eigenvalue weighted by Gasteiger charge is 2.11. The third-order valence-electron chi connectivity index (χ3n) is 4.55. The highest BCUT2D eigenvalue weighted by atomic mass is 16.5. The second-order valence-electron chi connectivity index (χ2n) is 6.69. The monoisotopic (exact) mass is 290 g/mol. The molecule has 0 saturated carbocycles. The molecule has 0 bridgehead atoms. The molecule has 118 valence electrons. The lowest BCUT2D eigenvalue weighted by Crippen LogP contribution is -3.11. The molecule has 1 saturated heterocycles. The van der Waals surface area contributed by atoms with Crippen molar-refractivity contribution >= 4 is 0 Å². The molecule has 1 N–H and O–H groups in total. The molecule has 21 heavy (non-hydrogen) atoms. The van der Waals surface area contributed by atoms with Crippen molar-refractivity contribution in [2.24, 2.45) is 0 Å². The van der Waals surface area contributed by atoms with Crippen molar-refractivity contribution in [2.75, 3.05) is 26.2 Å². The van der Waals surface area contributed by atoms with Crippen LogP contribution in [0.15, 0.2) is 24.3 Å². The van der Waals surface area contributed by atoms with Crippen LogP contribution in [-0.2, 0) is 0 Å². The minimum atomic E-state index is 0.593. The lowest BCUT2D eigenvalue weighted by molar-refractivity contribution is -0.899. The predicted molar refractivity (Wildman–Crippen MR) is 89.3 cm³/mol. The van der Waals surface area contributed by atoms with E-state index in [0.717, 1.165) is 12.4 Å². The normalized spacial score (nSPS) is 16.9. The number of quaternary nitrogens is 1. The molecule has 0 unspecified atom stereocenters. The average Bonchev–Trinajstić information content (AvgIpc) is 2.76. The number of likely N-dealkylation sites (tertiary alicyclic amines) is 1.